The highest BCUT2D eigenvalue weighted by Crippen LogP contribution is 2.41. The van der Waals surface area contributed by atoms with Crippen LogP contribution in [0.5, 0.6) is 0 Å². The molecule has 1 saturated heterocycles. The van der Waals surface area contributed by atoms with Crippen LogP contribution in [0.3, 0.4) is 0 Å². The van der Waals surface area contributed by atoms with E-state index in [0.29, 0.717) is 6.61 Å². The summed E-state index contributed by atoms with van der Waals surface area (Å²) in [5.41, 5.74) is 13.0. The van der Waals surface area contributed by atoms with Crippen molar-refractivity contribution in [1.82, 2.24) is 15.0 Å². The van der Waals surface area contributed by atoms with Crippen molar-refractivity contribution in [3.05, 3.63) is 52.4 Å². The molecule has 3 aromatic rings. The summed E-state index contributed by atoms with van der Waals surface area (Å²) in [5.74, 6) is 0.941. The van der Waals surface area contributed by atoms with Gasteiger partial charge in [-0.1, -0.05) is 30.2 Å². The van der Waals surface area contributed by atoms with E-state index in [0.717, 1.165) is 107 Å². The lowest BCUT2D eigenvalue weighted by Crippen LogP contribution is -2.28. The van der Waals surface area contributed by atoms with Crippen LogP contribution in [0.25, 0.3) is 15.9 Å². The lowest BCUT2D eigenvalue weighted by Gasteiger charge is -2.23. The molecule has 4 heterocycles. The summed E-state index contributed by atoms with van der Waals surface area (Å²) in [4.78, 5) is 18.4. The molecule has 3 aliphatic rings. The van der Waals surface area contributed by atoms with Crippen molar-refractivity contribution in [2.75, 3.05) is 24.6 Å². The Hall–Kier alpha value is -2.19. The molecule has 0 amide bonds. The molecule has 6 nitrogen and oxygen atoms in total. The number of halogens is 1. The molecular formula is C27H30ClN5OS. The Bertz CT molecular complexity index is 1330. The molecule has 1 atom stereocenters. The number of rotatable bonds is 4. The van der Waals surface area contributed by atoms with Crippen LogP contribution in [0.4, 0.5) is 5.82 Å². The average Bonchev–Trinajstić information content (AvgIpc) is 3.23. The zero-order valence-corrected chi connectivity index (χ0v) is 21.6. The van der Waals surface area contributed by atoms with Crippen molar-refractivity contribution < 1.29 is 4.74 Å². The smallest absolute Gasteiger partial charge is 0.194 e. The van der Waals surface area contributed by atoms with E-state index < -0.39 is 0 Å². The van der Waals surface area contributed by atoms with E-state index >= 15 is 0 Å². The topological polar surface area (TPSA) is 77.2 Å². The molecule has 1 fully saturated rings. The first-order chi connectivity index (χ1) is 17.1. The number of ether oxygens (including phenoxy) is 1. The maximum Gasteiger partial charge on any atom is 0.194 e. The van der Waals surface area contributed by atoms with Crippen molar-refractivity contribution in [3.63, 3.8) is 0 Å². The third-order valence-corrected chi connectivity index (χ3v) is 8.54. The fourth-order valence-electron chi connectivity index (χ4n) is 5.31. The van der Waals surface area contributed by atoms with Crippen molar-refractivity contribution in [3.8, 4) is 0 Å². The van der Waals surface area contributed by atoms with Crippen LogP contribution in [-0.4, -0.2) is 40.7 Å². The number of hydrogen-bond donors (Lipinski definition) is 1. The molecule has 0 saturated carbocycles. The summed E-state index contributed by atoms with van der Waals surface area (Å²) in [6.07, 6.45) is 5.76. The van der Waals surface area contributed by atoms with Crippen LogP contribution in [0.1, 0.15) is 55.1 Å². The molecule has 2 aliphatic heterocycles. The van der Waals surface area contributed by atoms with E-state index in [1.165, 1.54) is 11.1 Å². The Morgan fingerprint density at radius 2 is 2.06 bits per heavy atom. The van der Waals surface area contributed by atoms with E-state index in [2.05, 4.69) is 36.1 Å². The number of nitrogens with zero attached hydrogens (tertiary/aromatic N) is 4. The second-order valence-corrected chi connectivity index (χ2v) is 11.0. The number of fused-ring (bicyclic) bond motifs is 3. The van der Waals surface area contributed by atoms with Gasteiger partial charge in [0.25, 0.3) is 0 Å². The Balaban J connectivity index is 1.40. The molecule has 0 radical (unpaired) electrons. The minimum Gasteiger partial charge on any atom is -0.376 e. The third-order valence-electron chi connectivity index (χ3n) is 7.22. The molecule has 6 rings (SSSR count). The molecular weight excluding hydrogens is 478 g/mol. The van der Waals surface area contributed by atoms with Gasteiger partial charge in [0.2, 0.25) is 0 Å². The largest absolute Gasteiger partial charge is 0.376 e. The van der Waals surface area contributed by atoms with Crippen LogP contribution in [-0.2, 0) is 24.2 Å². The number of aryl methyl sites for hydroxylation is 1. The highest BCUT2D eigenvalue weighted by molar-refractivity contribution is 7.99. The molecule has 8 heteroatoms. The Morgan fingerprint density at radius 1 is 1.14 bits per heavy atom. The SMILES string of the molecule is CCC1=C(Cl)c2c(nc(Sc3ccc4cc5c(nc4c3)CCOC5)nc2N2CCC(N)C2)CCC1. The number of pyridine rings is 1. The first-order valence-electron chi connectivity index (χ1n) is 12.6. The van der Waals surface area contributed by atoms with Gasteiger partial charge in [-0.2, -0.15) is 0 Å². The van der Waals surface area contributed by atoms with Crippen molar-refractivity contribution in [2.24, 2.45) is 5.73 Å². The summed E-state index contributed by atoms with van der Waals surface area (Å²) in [7, 11) is 0. The summed E-state index contributed by atoms with van der Waals surface area (Å²) in [6, 6.07) is 8.79. The van der Waals surface area contributed by atoms with E-state index in [9.17, 15) is 0 Å². The minimum atomic E-state index is 0.166. The standard InChI is InChI=1S/C27H30ClN5OS/c1-2-16-4-3-5-22-24(25(16)28)26(33-10-8-19(29)14-33)32-27(31-22)35-20-7-6-17-12-18-15-34-11-9-21(18)30-23(17)13-20/h6-7,12-13,19H,2-5,8-11,14-15,29H2,1H3. The predicted molar refractivity (Wildman–Crippen MR) is 142 cm³/mol. The molecule has 0 spiro atoms. The van der Waals surface area contributed by atoms with Gasteiger partial charge >= 0.3 is 0 Å². The Labute approximate surface area is 215 Å². The molecule has 35 heavy (non-hydrogen) atoms. The fourth-order valence-corrected chi connectivity index (χ4v) is 6.54. The predicted octanol–water partition coefficient (Wildman–Crippen LogP) is 5.48. The molecule has 1 aliphatic carbocycles. The lowest BCUT2D eigenvalue weighted by molar-refractivity contribution is 0.109. The average molecular weight is 508 g/mol. The van der Waals surface area contributed by atoms with E-state index in [-0.39, 0.29) is 6.04 Å². The maximum absolute atomic E-state index is 6.99. The third kappa shape index (κ3) is 4.55. The van der Waals surface area contributed by atoms with E-state index in [1.807, 2.05) is 0 Å². The van der Waals surface area contributed by atoms with Gasteiger partial charge in [-0.15, -0.1) is 0 Å². The van der Waals surface area contributed by atoms with Gasteiger partial charge in [-0.3, -0.25) is 4.98 Å². The quantitative estimate of drug-likeness (QED) is 0.468. The first-order valence-corrected chi connectivity index (χ1v) is 13.8. The van der Waals surface area contributed by atoms with Gasteiger partial charge in [0, 0.05) is 41.5 Å². The maximum atomic E-state index is 6.99. The second kappa shape index (κ2) is 9.69. The van der Waals surface area contributed by atoms with Crippen LogP contribution in [0.2, 0.25) is 0 Å². The summed E-state index contributed by atoms with van der Waals surface area (Å²) in [5, 5.41) is 2.74. The van der Waals surface area contributed by atoms with E-state index in [1.54, 1.807) is 11.8 Å². The first kappa shape index (κ1) is 23.2. The van der Waals surface area contributed by atoms with E-state index in [4.69, 9.17) is 37.0 Å². The zero-order valence-electron chi connectivity index (χ0n) is 20.0. The summed E-state index contributed by atoms with van der Waals surface area (Å²) in [6.45, 7) is 5.26. The Kier molecular flexibility index (Phi) is 6.43. The van der Waals surface area contributed by atoms with Crippen LogP contribution in [0.15, 0.2) is 39.9 Å². The zero-order chi connectivity index (χ0) is 23.9. The van der Waals surface area contributed by atoms with Crippen molar-refractivity contribution in [2.45, 2.75) is 68.1 Å². The summed E-state index contributed by atoms with van der Waals surface area (Å²) >= 11 is 8.59. The monoisotopic (exact) mass is 507 g/mol. The highest BCUT2D eigenvalue weighted by atomic mass is 35.5. The van der Waals surface area contributed by atoms with Gasteiger partial charge in [0.05, 0.1) is 35.0 Å². The molecule has 0 bridgehead atoms. The summed E-state index contributed by atoms with van der Waals surface area (Å²) < 4.78 is 5.60. The molecule has 2 aromatic heterocycles. The van der Waals surface area contributed by atoms with Gasteiger partial charge in [0.1, 0.15) is 5.82 Å². The molecule has 2 N–H and O–H groups in total. The van der Waals surface area contributed by atoms with Crippen LogP contribution < -0.4 is 10.6 Å². The molecule has 1 aromatic carbocycles. The molecule has 1 unspecified atom stereocenters. The normalized spacial score (nSPS) is 20.2. The fraction of sp³-hybridized carbons (Fsp3) is 0.444. The van der Waals surface area contributed by atoms with Crippen LogP contribution in [0, 0.1) is 0 Å². The van der Waals surface area contributed by atoms with Crippen molar-refractivity contribution >= 4 is 45.1 Å². The second-order valence-electron chi connectivity index (χ2n) is 9.62. The number of benzene rings is 1. The molecule has 182 valence electrons. The highest BCUT2D eigenvalue weighted by Gasteiger charge is 2.29. The van der Waals surface area contributed by atoms with Gasteiger partial charge < -0.3 is 15.4 Å². The van der Waals surface area contributed by atoms with Gasteiger partial charge in [-0.05, 0) is 67.6 Å². The number of hydrogen-bond acceptors (Lipinski definition) is 7. The van der Waals surface area contributed by atoms with Crippen molar-refractivity contribution in [1.29, 1.82) is 0 Å². The number of aromatic nitrogens is 3. The lowest BCUT2D eigenvalue weighted by atomic mass is 10.1. The number of allylic oxidation sites excluding steroid dienone is 1. The minimum absolute atomic E-state index is 0.166. The number of anilines is 1. The van der Waals surface area contributed by atoms with Gasteiger partial charge in [0.15, 0.2) is 5.16 Å². The number of nitrogens with two attached hydrogens (primary N) is 1. The van der Waals surface area contributed by atoms with Gasteiger partial charge in [-0.25, -0.2) is 9.97 Å². The van der Waals surface area contributed by atoms with Crippen LogP contribution >= 0.6 is 23.4 Å². The Morgan fingerprint density at radius 3 is 2.89 bits per heavy atom.